The van der Waals surface area contributed by atoms with Crippen LogP contribution < -0.4 is 10.2 Å². The van der Waals surface area contributed by atoms with E-state index in [0.29, 0.717) is 13.0 Å². The molecule has 2 aromatic rings. The van der Waals surface area contributed by atoms with E-state index < -0.39 is 0 Å². The molecule has 1 aromatic heterocycles. The summed E-state index contributed by atoms with van der Waals surface area (Å²) in [6, 6.07) is 10.4. The lowest BCUT2D eigenvalue weighted by Crippen LogP contribution is -2.23. The highest BCUT2D eigenvalue weighted by Gasteiger charge is 2.05. The van der Waals surface area contributed by atoms with E-state index in [1.807, 2.05) is 40.2 Å². The topological polar surface area (TPSA) is 45.2 Å². The molecule has 4 nitrogen and oxygen atoms in total. The highest BCUT2D eigenvalue weighted by molar-refractivity contribution is 5.76. The third-order valence-corrected chi connectivity index (χ3v) is 3.93. The molecule has 0 saturated heterocycles. The molecule has 1 N–H and O–H groups in total. The van der Waals surface area contributed by atoms with Gasteiger partial charge in [-0.3, -0.25) is 9.78 Å². The Balaban J connectivity index is 1.80. The van der Waals surface area contributed by atoms with E-state index in [4.69, 9.17) is 0 Å². The molecule has 0 unspecified atom stereocenters. The molecule has 1 heterocycles. The zero-order chi connectivity index (χ0) is 16.8. The summed E-state index contributed by atoms with van der Waals surface area (Å²) in [5, 5.41) is 2.97. The Labute approximate surface area is 138 Å². The van der Waals surface area contributed by atoms with Crippen LogP contribution in [0.2, 0.25) is 0 Å². The quantitative estimate of drug-likeness (QED) is 0.892. The number of carbonyl (C=O) groups excluding carboxylic acids is 1. The first kappa shape index (κ1) is 17.0. The molecule has 0 bridgehead atoms. The number of anilines is 1. The minimum atomic E-state index is 0.0710. The second-order valence-corrected chi connectivity index (χ2v) is 6.09. The van der Waals surface area contributed by atoms with Crippen molar-refractivity contribution in [1.29, 1.82) is 0 Å². The normalized spacial score (nSPS) is 10.4. The zero-order valence-corrected chi connectivity index (χ0v) is 14.4. The molecule has 0 fully saturated rings. The van der Waals surface area contributed by atoms with Gasteiger partial charge in [0.25, 0.3) is 0 Å². The van der Waals surface area contributed by atoms with Gasteiger partial charge in [-0.15, -0.1) is 0 Å². The molecule has 0 aliphatic rings. The minimum Gasteiger partial charge on any atom is -0.378 e. The first-order chi connectivity index (χ1) is 11.0. The van der Waals surface area contributed by atoms with Crippen molar-refractivity contribution in [2.75, 3.05) is 19.0 Å². The Morgan fingerprint density at radius 2 is 1.87 bits per heavy atom. The van der Waals surface area contributed by atoms with Crippen LogP contribution in [0, 0.1) is 13.8 Å². The van der Waals surface area contributed by atoms with Gasteiger partial charge in [-0.1, -0.05) is 12.1 Å². The lowest BCUT2D eigenvalue weighted by molar-refractivity contribution is -0.121. The number of aryl methyl sites for hydroxylation is 3. The Morgan fingerprint density at radius 3 is 2.48 bits per heavy atom. The summed E-state index contributed by atoms with van der Waals surface area (Å²) in [7, 11) is 4.04. The third kappa shape index (κ3) is 5.09. The van der Waals surface area contributed by atoms with Crippen LogP contribution in [0.4, 0.5) is 5.69 Å². The predicted octanol–water partition coefficient (Wildman–Crippen LogP) is 3.01. The lowest BCUT2D eigenvalue weighted by atomic mass is 10.1. The van der Waals surface area contributed by atoms with Crippen LogP contribution in [0.5, 0.6) is 0 Å². The molecule has 0 aliphatic carbocycles. The van der Waals surface area contributed by atoms with E-state index in [0.717, 1.165) is 23.2 Å². The lowest BCUT2D eigenvalue weighted by Gasteiger charge is -2.12. The molecule has 1 amide bonds. The standard InChI is InChI=1S/C19H25N3O/c1-14-11-15(2)20-12-17(14)13-21-19(23)10-7-16-5-8-18(9-6-16)22(3)4/h5-6,8-9,11-12H,7,10,13H2,1-4H3,(H,21,23). The van der Waals surface area contributed by atoms with Gasteiger partial charge < -0.3 is 10.2 Å². The van der Waals surface area contributed by atoms with Crippen molar-refractivity contribution in [3.05, 3.63) is 58.9 Å². The summed E-state index contributed by atoms with van der Waals surface area (Å²) in [4.78, 5) is 18.3. The van der Waals surface area contributed by atoms with Gasteiger partial charge in [-0.05, 0) is 55.2 Å². The van der Waals surface area contributed by atoms with Crippen LogP contribution in [-0.4, -0.2) is 25.0 Å². The van der Waals surface area contributed by atoms with Crippen LogP contribution in [-0.2, 0) is 17.8 Å². The van der Waals surface area contributed by atoms with Crippen molar-refractivity contribution >= 4 is 11.6 Å². The molecule has 0 atom stereocenters. The second kappa shape index (κ2) is 7.77. The SMILES string of the molecule is Cc1cc(C)c(CNC(=O)CCc2ccc(N(C)C)cc2)cn1. The number of nitrogens with one attached hydrogen (secondary N) is 1. The first-order valence-electron chi connectivity index (χ1n) is 7.91. The van der Waals surface area contributed by atoms with Gasteiger partial charge in [0.2, 0.25) is 5.91 Å². The van der Waals surface area contributed by atoms with Gasteiger partial charge in [0.15, 0.2) is 0 Å². The van der Waals surface area contributed by atoms with Crippen molar-refractivity contribution in [2.24, 2.45) is 0 Å². The number of carbonyl (C=O) groups is 1. The molecule has 0 saturated carbocycles. The van der Waals surface area contributed by atoms with Crippen molar-refractivity contribution in [2.45, 2.75) is 33.2 Å². The van der Waals surface area contributed by atoms with Crippen LogP contribution in [0.1, 0.15) is 28.8 Å². The summed E-state index contributed by atoms with van der Waals surface area (Å²) in [5.41, 5.74) is 5.58. The number of nitrogens with zero attached hydrogens (tertiary/aromatic N) is 2. The van der Waals surface area contributed by atoms with Crippen molar-refractivity contribution in [3.63, 3.8) is 0 Å². The average molecular weight is 311 g/mol. The average Bonchev–Trinajstić information content (AvgIpc) is 2.52. The Bertz CT molecular complexity index is 663. The molecule has 0 radical (unpaired) electrons. The molecule has 122 valence electrons. The zero-order valence-electron chi connectivity index (χ0n) is 14.4. The molecule has 0 aliphatic heterocycles. The van der Waals surface area contributed by atoms with Crippen molar-refractivity contribution < 1.29 is 4.79 Å². The third-order valence-electron chi connectivity index (χ3n) is 3.93. The summed E-state index contributed by atoms with van der Waals surface area (Å²) >= 11 is 0. The monoisotopic (exact) mass is 311 g/mol. The maximum Gasteiger partial charge on any atom is 0.220 e. The molecular weight excluding hydrogens is 286 g/mol. The van der Waals surface area contributed by atoms with Gasteiger partial charge in [0, 0.05) is 44.6 Å². The van der Waals surface area contributed by atoms with Crippen LogP contribution in [0.3, 0.4) is 0 Å². The van der Waals surface area contributed by atoms with E-state index in [2.05, 4.69) is 39.5 Å². The van der Waals surface area contributed by atoms with Crippen LogP contribution >= 0.6 is 0 Å². The van der Waals surface area contributed by atoms with E-state index in [-0.39, 0.29) is 5.91 Å². The minimum absolute atomic E-state index is 0.0710. The summed E-state index contributed by atoms with van der Waals surface area (Å²) in [6.07, 6.45) is 3.09. The summed E-state index contributed by atoms with van der Waals surface area (Å²) < 4.78 is 0. The fourth-order valence-electron chi connectivity index (χ4n) is 2.41. The van der Waals surface area contributed by atoms with Gasteiger partial charge in [-0.25, -0.2) is 0 Å². The number of hydrogen-bond donors (Lipinski definition) is 1. The molecule has 1 aromatic carbocycles. The van der Waals surface area contributed by atoms with Gasteiger partial charge in [0.1, 0.15) is 0 Å². The summed E-state index contributed by atoms with van der Waals surface area (Å²) in [5.74, 6) is 0.0710. The smallest absolute Gasteiger partial charge is 0.220 e. The number of amides is 1. The molecule has 23 heavy (non-hydrogen) atoms. The molecule has 0 spiro atoms. The molecular formula is C19H25N3O. The highest BCUT2D eigenvalue weighted by atomic mass is 16.1. The largest absolute Gasteiger partial charge is 0.378 e. The summed E-state index contributed by atoms with van der Waals surface area (Å²) in [6.45, 7) is 4.55. The highest BCUT2D eigenvalue weighted by Crippen LogP contribution is 2.13. The fourth-order valence-corrected chi connectivity index (χ4v) is 2.41. The first-order valence-corrected chi connectivity index (χ1v) is 7.91. The van der Waals surface area contributed by atoms with E-state index in [9.17, 15) is 4.79 Å². The van der Waals surface area contributed by atoms with E-state index >= 15 is 0 Å². The van der Waals surface area contributed by atoms with Crippen molar-refractivity contribution in [3.8, 4) is 0 Å². The number of pyridine rings is 1. The van der Waals surface area contributed by atoms with Gasteiger partial charge >= 0.3 is 0 Å². The predicted molar refractivity (Wildman–Crippen MR) is 94.6 cm³/mol. The number of rotatable bonds is 6. The Hall–Kier alpha value is -2.36. The fraction of sp³-hybridized carbons (Fsp3) is 0.368. The number of aromatic nitrogens is 1. The number of benzene rings is 1. The van der Waals surface area contributed by atoms with Crippen LogP contribution in [0.25, 0.3) is 0 Å². The second-order valence-electron chi connectivity index (χ2n) is 6.09. The maximum absolute atomic E-state index is 12.0. The molecule has 2 rings (SSSR count). The molecule has 4 heteroatoms. The van der Waals surface area contributed by atoms with Gasteiger partial charge in [-0.2, -0.15) is 0 Å². The maximum atomic E-state index is 12.0. The Morgan fingerprint density at radius 1 is 1.17 bits per heavy atom. The van der Waals surface area contributed by atoms with Crippen LogP contribution in [0.15, 0.2) is 36.5 Å². The van der Waals surface area contributed by atoms with E-state index in [1.165, 1.54) is 11.3 Å². The van der Waals surface area contributed by atoms with Gasteiger partial charge in [0.05, 0.1) is 0 Å². The Kier molecular flexibility index (Phi) is 5.74. The van der Waals surface area contributed by atoms with Crippen molar-refractivity contribution in [1.82, 2.24) is 10.3 Å². The number of hydrogen-bond acceptors (Lipinski definition) is 3. The van der Waals surface area contributed by atoms with E-state index in [1.54, 1.807) is 0 Å².